The highest BCUT2D eigenvalue weighted by atomic mass is 16.5. The number of carbonyl (C=O) groups excluding carboxylic acids is 1. The molecule has 1 aromatic heterocycles. The van der Waals surface area contributed by atoms with Gasteiger partial charge in [0, 0.05) is 19.7 Å². The summed E-state index contributed by atoms with van der Waals surface area (Å²) in [6.07, 6.45) is 1.84. The van der Waals surface area contributed by atoms with E-state index in [9.17, 15) is 4.79 Å². The lowest BCUT2D eigenvalue weighted by atomic mass is 9.86. The predicted octanol–water partition coefficient (Wildman–Crippen LogP) is 2.72. The number of rotatable bonds is 4. The van der Waals surface area contributed by atoms with Gasteiger partial charge in [0.2, 0.25) is 5.91 Å². The molecule has 0 unspecified atom stereocenters. The Morgan fingerprint density at radius 3 is 2.68 bits per heavy atom. The molecule has 0 N–H and O–H groups in total. The summed E-state index contributed by atoms with van der Waals surface area (Å²) >= 11 is 0. The van der Waals surface area contributed by atoms with Crippen molar-refractivity contribution in [2.45, 2.75) is 45.7 Å². The highest BCUT2D eigenvalue weighted by molar-refractivity contribution is 6.09. The third-order valence-electron chi connectivity index (χ3n) is 4.48. The Kier molecular flexibility index (Phi) is 3.48. The van der Waals surface area contributed by atoms with E-state index in [1.165, 1.54) is 0 Å². The lowest BCUT2D eigenvalue weighted by Gasteiger charge is -2.24. The van der Waals surface area contributed by atoms with Gasteiger partial charge in [-0.25, -0.2) is 4.98 Å². The summed E-state index contributed by atoms with van der Waals surface area (Å²) < 4.78 is 7.23. The second-order valence-electron chi connectivity index (χ2n) is 6.68. The van der Waals surface area contributed by atoms with Crippen LogP contribution in [0.15, 0.2) is 18.5 Å². The van der Waals surface area contributed by atoms with Crippen molar-refractivity contribution in [1.82, 2.24) is 9.55 Å². The number of hydrogen-bond acceptors (Lipinski definition) is 3. The fourth-order valence-corrected chi connectivity index (χ4v) is 3.20. The van der Waals surface area contributed by atoms with Crippen LogP contribution in [-0.2, 0) is 21.5 Å². The van der Waals surface area contributed by atoms with Crippen LogP contribution < -0.4 is 4.90 Å². The molecule has 0 bridgehead atoms. The number of fused-ring (bicyclic) bond motifs is 2. The van der Waals surface area contributed by atoms with Gasteiger partial charge >= 0.3 is 0 Å². The largest absolute Gasteiger partial charge is 0.383 e. The number of benzene rings is 1. The molecule has 2 heterocycles. The zero-order chi connectivity index (χ0) is 16.1. The van der Waals surface area contributed by atoms with E-state index in [1.54, 1.807) is 7.11 Å². The Labute approximate surface area is 130 Å². The number of imidazole rings is 1. The number of ether oxygens (including phenoxy) is 1. The fraction of sp³-hybridized carbons (Fsp3) is 0.529. The van der Waals surface area contributed by atoms with Gasteiger partial charge in [-0.2, -0.15) is 0 Å². The van der Waals surface area contributed by atoms with Gasteiger partial charge in [0.05, 0.1) is 35.1 Å². The van der Waals surface area contributed by atoms with Crippen LogP contribution in [-0.4, -0.2) is 35.2 Å². The third-order valence-corrected chi connectivity index (χ3v) is 4.48. The summed E-state index contributed by atoms with van der Waals surface area (Å²) in [6, 6.07) is 4.30. The summed E-state index contributed by atoms with van der Waals surface area (Å²) in [7, 11) is 1.69. The van der Waals surface area contributed by atoms with Crippen LogP contribution in [0.25, 0.3) is 11.0 Å². The molecular formula is C17H23N3O2. The van der Waals surface area contributed by atoms with Crippen molar-refractivity contribution in [2.75, 3.05) is 18.6 Å². The van der Waals surface area contributed by atoms with Crippen molar-refractivity contribution in [3.05, 3.63) is 24.0 Å². The predicted molar refractivity (Wildman–Crippen MR) is 87.3 cm³/mol. The van der Waals surface area contributed by atoms with Gasteiger partial charge in [0.1, 0.15) is 0 Å². The first-order valence-electron chi connectivity index (χ1n) is 7.70. The minimum absolute atomic E-state index is 0.140. The molecule has 2 aromatic rings. The maximum atomic E-state index is 12.8. The smallest absolute Gasteiger partial charge is 0.237 e. The topological polar surface area (TPSA) is 47.4 Å². The SMILES string of the molecule is COCCn1cnc2cc3c(cc21)N(C(C)C)C(=O)C3(C)C. The summed E-state index contributed by atoms with van der Waals surface area (Å²) in [6.45, 7) is 9.48. The first-order chi connectivity index (χ1) is 10.4. The summed E-state index contributed by atoms with van der Waals surface area (Å²) in [5, 5.41) is 0. The number of amides is 1. The van der Waals surface area contributed by atoms with Crippen LogP contribution in [0.3, 0.4) is 0 Å². The second kappa shape index (κ2) is 5.09. The van der Waals surface area contributed by atoms with Crippen LogP contribution in [0, 0.1) is 0 Å². The molecule has 1 aliphatic heterocycles. The molecular weight excluding hydrogens is 278 g/mol. The number of hydrogen-bond donors (Lipinski definition) is 0. The van der Waals surface area contributed by atoms with Crippen LogP contribution >= 0.6 is 0 Å². The Balaban J connectivity index is 2.18. The minimum atomic E-state index is -0.496. The number of nitrogens with zero attached hydrogens (tertiary/aromatic N) is 3. The molecule has 3 rings (SSSR count). The van der Waals surface area contributed by atoms with E-state index in [2.05, 4.69) is 35.5 Å². The van der Waals surface area contributed by atoms with Gasteiger partial charge in [0.25, 0.3) is 0 Å². The number of anilines is 1. The van der Waals surface area contributed by atoms with Crippen LogP contribution in [0.2, 0.25) is 0 Å². The Bertz CT molecular complexity index is 731. The van der Waals surface area contributed by atoms with Crippen molar-refractivity contribution < 1.29 is 9.53 Å². The van der Waals surface area contributed by atoms with E-state index < -0.39 is 5.41 Å². The van der Waals surface area contributed by atoms with E-state index >= 15 is 0 Å². The molecule has 1 aliphatic rings. The van der Waals surface area contributed by atoms with Crippen molar-refractivity contribution in [1.29, 1.82) is 0 Å². The van der Waals surface area contributed by atoms with Gasteiger partial charge in [-0.15, -0.1) is 0 Å². The lowest BCUT2D eigenvalue weighted by molar-refractivity contribution is -0.122. The standard InChI is InChI=1S/C17H23N3O2/c1-11(2)20-14-9-15-13(18-10-19(15)6-7-22-5)8-12(14)17(3,4)16(20)21/h8-11H,6-7H2,1-5H3. The highest BCUT2D eigenvalue weighted by Crippen LogP contribution is 2.44. The molecule has 0 atom stereocenters. The highest BCUT2D eigenvalue weighted by Gasteiger charge is 2.45. The summed E-state index contributed by atoms with van der Waals surface area (Å²) in [5.41, 5.74) is 3.56. The maximum Gasteiger partial charge on any atom is 0.237 e. The van der Waals surface area contributed by atoms with E-state index in [0.29, 0.717) is 6.61 Å². The maximum absolute atomic E-state index is 12.8. The normalized spacial score (nSPS) is 16.8. The Hall–Kier alpha value is -1.88. The molecule has 5 heteroatoms. The molecule has 0 aliphatic carbocycles. The van der Waals surface area contributed by atoms with Crippen molar-refractivity contribution >= 4 is 22.6 Å². The van der Waals surface area contributed by atoms with Crippen molar-refractivity contribution in [3.63, 3.8) is 0 Å². The van der Waals surface area contributed by atoms with Gasteiger partial charge in [-0.1, -0.05) is 0 Å². The molecule has 0 spiro atoms. The van der Waals surface area contributed by atoms with Crippen LogP contribution in [0.1, 0.15) is 33.3 Å². The van der Waals surface area contributed by atoms with Gasteiger partial charge < -0.3 is 14.2 Å². The first-order valence-corrected chi connectivity index (χ1v) is 7.70. The number of methoxy groups -OCH3 is 1. The molecule has 5 nitrogen and oxygen atoms in total. The quantitative estimate of drug-likeness (QED) is 0.872. The van der Waals surface area contributed by atoms with E-state index in [1.807, 2.05) is 25.1 Å². The van der Waals surface area contributed by atoms with Crippen molar-refractivity contribution in [2.24, 2.45) is 0 Å². The van der Waals surface area contributed by atoms with E-state index in [0.717, 1.165) is 28.8 Å². The van der Waals surface area contributed by atoms with Gasteiger partial charge in [0.15, 0.2) is 0 Å². The molecule has 118 valence electrons. The monoisotopic (exact) mass is 301 g/mol. The molecule has 0 saturated carbocycles. The van der Waals surface area contributed by atoms with E-state index in [4.69, 9.17) is 4.74 Å². The molecule has 1 aromatic carbocycles. The summed E-state index contributed by atoms with van der Waals surface area (Å²) in [4.78, 5) is 19.2. The molecule has 0 radical (unpaired) electrons. The van der Waals surface area contributed by atoms with Crippen molar-refractivity contribution in [3.8, 4) is 0 Å². The third kappa shape index (κ3) is 2.03. The van der Waals surface area contributed by atoms with E-state index in [-0.39, 0.29) is 11.9 Å². The first kappa shape index (κ1) is 15.0. The minimum Gasteiger partial charge on any atom is -0.383 e. The Morgan fingerprint density at radius 1 is 1.32 bits per heavy atom. The van der Waals surface area contributed by atoms with Crippen LogP contribution in [0.4, 0.5) is 5.69 Å². The van der Waals surface area contributed by atoms with Gasteiger partial charge in [-0.3, -0.25) is 4.79 Å². The second-order valence-corrected chi connectivity index (χ2v) is 6.68. The fourth-order valence-electron chi connectivity index (χ4n) is 3.20. The molecule has 0 saturated heterocycles. The average Bonchev–Trinajstić information content (AvgIpc) is 2.93. The molecule has 1 amide bonds. The molecule has 22 heavy (non-hydrogen) atoms. The lowest BCUT2D eigenvalue weighted by Crippen LogP contribution is -2.40. The number of aromatic nitrogens is 2. The van der Waals surface area contributed by atoms with Gasteiger partial charge in [-0.05, 0) is 45.4 Å². The number of carbonyl (C=O) groups is 1. The summed E-state index contributed by atoms with van der Waals surface area (Å²) in [5.74, 6) is 0.161. The zero-order valence-electron chi connectivity index (χ0n) is 13.9. The molecule has 0 fully saturated rings. The zero-order valence-corrected chi connectivity index (χ0v) is 13.9. The van der Waals surface area contributed by atoms with Crippen LogP contribution in [0.5, 0.6) is 0 Å². The average molecular weight is 301 g/mol. The Morgan fingerprint density at radius 2 is 2.05 bits per heavy atom.